The number of aryl methyl sites for hydroxylation is 2. The van der Waals surface area contributed by atoms with E-state index in [1.807, 2.05) is 73.6 Å². The average molecular weight is 447 g/mol. The molecular weight excluding hydrogens is 420 g/mol. The number of nitrogens with zero attached hydrogens (tertiary/aromatic N) is 4. The molecular formula is C29H26N4O. The fraction of sp³-hybridized carbons (Fsp3) is 0.138. The normalized spacial score (nSPS) is 11.0. The molecule has 0 aliphatic carbocycles. The number of amides is 1. The molecule has 1 amide bonds. The van der Waals surface area contributed by atoms with E-state index in [0.29, 0.717) is 18.8 Å². The van der Waals surface area contributed by atoms with Crippen molar-refractivity contribution in [1.82, 2.24) is 19.7 Å². The summed E-state index contributed by atoms with van der Waals surface area (Å²) in [7, 11) is 1.85. The molecule has 168 valence electrons. The van der Waals surface area contributed by atoms with Crippen LogP contribution in [0.2, 0.25) is 0 Å². The van der Waals surface area contributed by atoms with Gasteiger partial charge in [0.05, 0.1) is 5.52 Å². The van der Waals surface area contributed by atoms with E-state index in [4.69, 9.17) is 0 Å². The number of rotatable bonds is 6. The minimum atomic E-state index is -0.0935. The van der Waals surface area contributed by atoms with Crippen molar-refractivity contribution >= 4 is 16.8 Å². The minimum Gasteiger partial charge on any atom is -0.329 e. The van der Waals surface area contributed by atoms with Crippen LogP contribution in [0.3, 0.4) is 0 Å². The van der Waals surface area contributed by atoms with Crippen molar-refractivity contribution in [3.63, 3.8) is 0 Å². The number of fused-ring (bicyclic) bond motifs is 1. The molecule has 0 aliphatic rings. The minimum absolute atomic E-state index is 0.0935. The third-order valence-corrected chi connectivity index (χ3v) is 6.08. The SMILES string of the molecule is Cc1cc(C(=O)N(Cc2ccc(-c3ccccc3)cc2)Cc2cnc3ccccc3c2)nn1C. The van der Waals surface area contributed by atoms with Gasteiger partial charge in [0.1, 0.15) is 0 Å². The number of carbonyl (C=O) groups excluding carboxylic acids is 1. The molecule has 0 saturated heterocycles. The fourth-order valence-electron chi connectivity index (χ4n) is 4.10. The highest BCUT2D eigenvalue weighted by Crippen LogP contribution is 2.22. The zero-order valence-corrected chi connectivity index (χ0v) is 19.3. The van der Waals surface area contributed by atoms with Crippen LogP contribution in [0.1, 0.15) is 27.3 Å². The second-order valence-corrected chi connectivity index (χ2v) is 8.55. The quantitative estimate of drug-likeness (QED) is 0.332. The summed E-state index contributed by atoms with van der Waals surface area (Å²) in [5.41, 5.74) is 6.73. The molecule has 2 aromatic heterocycles. The van der Waals surface area contributed by atoms with Crippen molar-refractivity contribution in [3.8, 4) is 11.1 Å². The van der Waals surface area contributed by atoms with E-state index in [1.54, 1.807) is 4.68 Å². The van der Waals surface area contributed by atoms with Crippen LogP contribution in [0.5, 0.6) is 0 Å². The van der Waals surface area contributed by atoms with Gasteiger partial charge in [-0.25, -0.2) is 0 Å². The first kappa shape index (κ1) is 21.6. The molecule has 5 nitrogen and oxygen atoms in total. The topological polar surface area (TPSA) is 51.0 Å². The highest BCUT2D eigenvalue weighted by atomic mass is 16.2. The number of hydrogen-bond donors (Lipinski definition) is 0. The summed E-state index contributed by atoms with van der Waals surface area (Å²) in [6.45, 7) is 2.88. The van der Waals surface area contributed by atoms with Crippen LogP contribution in [0.25, 0.3) is 22.0 Å². The number of para-hydroxylation sites is 1. The Morgan fingerprint density at radius 3 is 2.24 bits per heavy atom. The molecule has 0 radical (unpaired) electrons. The predicted octanol–water partition coefficient (Wildman–Crippen LogP) is 5.79. The lowest BCUT2D eigenvalue weighted by atomic mass is 10.0. The Balaban J connectivity index is 1.43. The summed E-state index contributed by atoms with van der Waals surface area (Å²) < 4.78 is 1.73. The monoisotopic (exact) mass is 446 g/mol. The molecule has 0 spiro atoms. The van der Waals surface area contributed by atoms with Crippen LogP contribution >= 0.6 is 0 Å². The van der Waals surface area contributed by atoms with Gasteiger partial charge in [-0.3, -0.25) is 14.5 Å². The second-order valence-electron chi connectivity index (χ2n) is 8.55. The summed E-state index contributed by atoms with van der Waals surface area (Å²) in [6.07, 6.45) is 1.85. The molecule has 0 atom stereocenters. The first-order valence-corrected chi connectivity index (χ1v) is 11.3. The maximum absolute atomic E-state index is 13.5. The number of hydrogen-bond acceptors (Lipinski definition) is 3. The van der Waals surface area contributed by atoms with Crippen LogP contribution in [0.4, 0.5) is 0 Å². The number of carbonyl (C=O) groups is 1. The van der Waals surface area contributed by atoms with Gasteiger partial charge in [0, 0.05) is 37.4 Å². The Kier molecular flexibility index (Phi) is 5.91. The van der Waals surface area contributed by atoms with Crippen molar-refractivity contribution in [1.29, 1.82) is 0 Å². The summed E-state index contributed by atoms with van der Waals surface area (Å²) in [5, 5.41) is 5.49. The molecule has 5 heteroatoms. The first-order chi connectivity index (χ1) is 16.6. The Morgan fingerprint density at radius 1 is 0.824 bits per heavy atom. The Labute approximate surface area is 199 Å². The Morgan fingerprint density at radius 2 is 1.50 bits per heavy atom. The fourth-order valence-corrected chi connectivity index (χ4v) is 4.10. The van der Waals surface area contributed by atoms with E-state index in [-0.39, 0.29) is 5.91 Å². The zero-order chi connectivity index (χ0) is 23.5. The lowest BCUT2D eigenvalue weighted by molar-refractivity contribution is 0.0723. The van der Waals surface area contributed by atoms with Crippen LogP contribution in [0, 0.1) is 6.92 Å². The van der Waals surface area contributed by atoms with Crippen LogP contribution < -0.4 is 0 Å². The molecule has 5 aromatic rings. The molecule has 5 rings (SSSR count). The summed E-state index contributed by atoms with van der Waals surface area (Å²) in [5.74, 6) is -0.0935. The lowest BCUT2D eigenvalue weighted by Crippen LogP contribution is -2.30. The van der Waals surface area contributed by atoms with Gasteiger partial charge in [0.2, 0.25) is 0 Å². The molecule has 0 saturated carbocycles. The van der Waals surface area contributed by atoms with Crippen molar-refractivity contribution in [3.05, 3.63) is 120 Å². The van der Waals surface area contributed by atoms with E-state index in [0.717, 1.165) is 33.3 Å². The Bertz CT molecular complexity index is 1420. The lowest BCUT2D eigenvalue weighted by Gasteiger charge is -2.22. The highest BCUT2D eigenvalue weighted by molar-refractivity contribution is 5.92. The van der Waals surface area contributed by atoms with Gasteiger partial charge in [0.25, 0.3) is 5.91 Å². The van der Waals surface area contributed by atoms with Gasteiger partial charge in [-0.1, -0.05) is 72.8 Å². The van der Waals surface area contributed by atoms with E-state index >= 15 is 0 Å². The average Bonchev–Trinajstić information content (AvgIpc) is 3.22. The molecule has 34 heavy (non-hydrogen) atoms. The molecule has 0 bridgehead atoms. The summed E-state index contributed by atoms with van der Waals surface area (Å²) in [6, 6.07) is 30.6. The van der Waals surface area contributed by atoms with Crippen molar-refractivity contribution < 1.29 is 4.79 Å². The summed E-state index contributed by atoms with van der Waals surface area (Å²) in [4.78, 5) is 19.9. The molecule has 0 fully saturated rings. The number of benzene rings is 3. The van der Waals surface area contributed by atoms with Crippen molar-refractivity contribution in [2.75, 3.05) is 0 Å². The predicted molar refractivity (Wildman–Crippen MR) is 135 cm³/mol. The smallest absolute Gasteiger partial charge is 0.274 e. The van der Waals surface area contributed by atoms with Gasteiger partial charge in [-0.05, 0) is 47.4 Å². The number of aromatic nitrogens is 3. The third kappa shape index (κ3) is 4.59. The maximum atomic E-state index is 13.5. The van der Waals surface area contributed by atoms with Gasteiger partial charge in [-0.15, -0.1) is 0 Å². The van der Waals surface area contributed by atoms with Gasteiger partial charge < -0.3 is 4.90 Å². The van der Waals surface area contributed by atoms with E-state index in [9.17, 15) is 4.79 Å². The van der Waals surface area contributed by atoms with Gasteiger partial charge in [-0.2, -0.15) is 5.10 Å². The van der Waals surface area contributed by atoms with E-state index in [2.05, 4.69) is 52.5 Å². The molecule has 2 heterocycles. The highest BCUT2D eigenvalue weighted by Gasteiger charge is 2.20. The largest absolute Gasteiger partial charge is 0.329 e. The molecule has 0 N–H and O–H groups in total. The standard InChI is InChI=1S/C29H26N4O/c1-21-16-28(31-32(21)2)29(34)33(20-23-17-26-10-6-7-11-27(26)30-18-23)19-22-12-14-25(15-13-22)24-8-4-3-5-9-24/h3-18H,19-20H2,1-2H3. The van der Waals surface area contributed by atoms with E-state index in [1.165, 1.54) is 5.56 Å². The Hall–Kier alpha value is -4.25. The van der Waals surface area contributed by atoms with E-state index < -0.39 is 0 Å². The first-order valence-electron chi connectivity index (χ1n) is 11.3. The van der Waals surface area contributed by atoms with Crippen LogP contribution in [-0.2, 0) is 20.1 Å². The van der Waals surface area contributed by atoms with Gasteiger partial charge >= 0.3 is 0 Å². The zero-order valence-electron chi connectivity index (χ0n) is 19.3. The molecule has 3 aromatic carbocycles. The van der Waals surface area contributed by atoms with Crippen molar-refractivity contribution in [2.24, 2.45) is 7.05 Å². The number of pyridine rings is 1. The summed E-state index contributed by atoms with van der Waals surface area (Å²) >= 11 is 0. The second kappa shape index (κ2) is 9.32. The maximum Gasteiger partial charge on any atom is 0.274 e. The van der Waals surface area contributed by atoms with Crippen molar-refractivity contribution in [2.45, 2.75) is 20.0 Å². The molecule has 0 aliphatic heterocycles. The van der Waals surface area contributed by atoms with Crippen LogP contribution in [0.15, 0.2) is 97.2 Å². The van der Waals surface area contributed by atoms with Gasteiger partial charge in [0.15, 0.2) is 5.69 Å². The molecule has 0 unspecified atom stereocenters. The third-order valence-electron chi connectivity index (χ3n) is 6.08. The van der Waals surface area contributed by atoms with Crippen LogP contribution in [-0.4, -0.2) is 25.6 Å².